The van der Waals surface area contributed by atoms with Crippen molar-refractivity contribution in [3.8, 4) is 28.6 Å². The summed E-state index contributed by atoms with van der Waals surface area (Å²) in [5.74, 6) is 1.73. The van der Waals surface area contributed by atoms with Crippen molar-refractivity contribution in [2.24, 2.45) is 5.10 Å². The van der Waals surface area contributed by atoms with Crippen LogP contribution >= 0.6 is 0 Å². The molecule has 0 saturated carbocycles. The minimum atomic E-state index is -0.328. The van der Waals surface area contributed by atoms with E-state index in [1.54, 1.807) is 37.4 Å². The van der Waals surface area contributed by atoms with Crippen LogP contribution in [0.3, 0.4) is 0 Å². The third-order valence-electron chi connectivity index (χ3n) is 7.50. The summed E-state index contributed by atoms with van der Waals surface area (Å²) in [4.78, 5) is 31.6. The average molecular weight is 605 g/mol. The molecule has 1 N–H and O–H groups in total. The quantitative estimate of drug-likeness (QED) is 0.178. The topological polar surface area (TPSA) is 104 Å². The maximum atomic E-state index is 13.9. The Hall–Kier alpha value is -5.44. The van der Waals surface area contributed by atoms with E-state index >= 15 is 0 Å². The zero-order valence-electron chi connectivity index (χ0n) is 26.3. The van der Waals surface area contributed by atoms with E-state index in [0.29, 0.717) is 39.5 Å². The fourth-order valence-electron chi connectivity index (χ4n) is 5.08. The zero-order chi connectivity index (χ0) is 32.1. The number of aromatic nitrogens is 2. The first-order valence-electron chi connectivity index (χ1n) is 14.6. The molecule has 230 valence electrons. The summed E-state index contributed by atoms with van der Waals surface area (Å²) in [6, 6.07) is 23.9. The van der Waals surface area contributed by atoms with Crippen LogP contribution in [0.2, 0.25) is 0 Å². The molecule has 0 saturated heterocycles. The molecule has 0 bridgehead atoms. The van der Waals surface area contributed by atoms with Crippen LogP contribution in [0.15, 0.2) is 88.8 Å². The normalized spacial score (nSPS) is 11.3. The number of anilines is 1. The second-order valence-electron chi connectivity index (χ2n) is 10.9. The van der Waals surface area contributed by atoms with Crippen molar-refractivity contribution in [1.82, 2.24) is 9.66 Å². The second kappa shape index (κ2) is 13.5. The zero-order valence-corrected chi connectivity index (χ0v) is 26.3. The number of hydrogen-bond acceptors (Lipinski definition) is 7. The molecule has 0 atom stereocenters. The lowest BCUT2D eigenvalue weighted by atomic mass is 9.96. The van der Waals surface area contributed by atoms with Crippen LogP contribution in [0, 0.1) is 13.8 Å². The van der Waals surface area contributed by atoms with Gasteiger partial charge in [-0.15, -0.1) is 0 Å². The Morgan fingerprint density at radius 3 is 2.40 bits per heavy atom. The van der Waals surface area contributed by atoms with E-state index in [4.69, 9.17) is 19.2 Å². The molecule has 0 aliphatic carbocycles. The smallest absolute Gasteiger partial charge is 0.282 e. The summed E-state index contributed by atoms with van der Waals surface area (Å²) in [6.07, 6.45) is 1.51. The first-order valence-corrected chi connectivity index (χ1v) is 14.6. The van der Waals surface area contributed by atoms with Gasteiger partial charge in [-0.2, -0.15) is 9.78 Å². The molecule has 1 aromatic heterocycles. The maximum Gasteiger partial charge on any atom is 0.282 e. The summed E-state index contributed by atoms with van der Waals surface area (Å²) in [6.45, 7) is 7.78. The number of hydrogen-bond donors (Lipinski definition) is 1. The Labute approximate surface area is 262 Å². The highest BCUT2D eigenvalue weighted by atomic mass is 16.5. The number of benzene rings is 4. The van der Waals surface area contributed by atoms with Gasteiger partial charge in [-0.25, -0.2) is 4.98 Å². The van der Waals surface area contributed by atoms with Gasteiger partial charge in [0.15, 0.2) is 23.9 Å². The summed E-state index contributed by atoms with van der Waals surface area (Å²) in [7, 11) is 3.17. The molecule has 0 aliphatic rings. The highest BCUT2D eigenvalue weighted by Crippen LogP contribution is 2.34. The average Bonchev–Trinajstić information content (AvgIpc) is 3.04. The van der Waals surface area contributed by atoms with E-state index in [2.05, 4.69) is 24.3 Å². The number of ether oxygens (including phenoxy) is 3. The minimum absolute atomic E-state index is 0.169. The van der Waals surface area contributed by atoms with Crippen LogP contribution in [0.4, 0.5) is 5.69 Å². The van der Waals surface area contributed by atoms with Crippen molar-refractivity contribution in [3.63, 3.8) is 0 Å². The lowest BCUT2D eigenvalue weighted by Gasteiger charge is -2.17. The summed E-state index contributed by atoms with van der Waals surface area (Å²) in [5.41, 5.74) is 5.03. The number of carbonyl (C=O) groups is 1. The number of nitrogens with zero attached hydrogens (tertiary/aromatic N) is 3. The number of rotatable bonds is 10. The number of carbonyl (C=O) groups excluding carboxylic acids is 1. The molecular formula is C36H36N4O5. The Balaban J connectivity index is 1.57. The molecule has 5 aromatic rings. The van der Waals surface area contributed by atoms with Gasteiger partial charge < -0.3 is 19.5 Å². The van der Waals surface area contributed by atoms with Gasteiger partial charge in [0.2, 0.25) is 0 Å². The molecule has 0 aliphatic heterocycles. The highest BCUT2D eigenvalue weighted by Gasteiger charge is 2.19. The predicted molar refractivity (Wildman–Crippen MR) is 178 cm³/mol. The summed E-state index contributed by atoms with van der Waals surface area (Å²) in [5, 5.41) is 7.96. The van der Waals surface area contributed by atoms with E-state index in [9.17, 15) is 9.59 Å². The van der Waals surface area contributed by atoms with Gasteiger partial charge in [-0.05, 0) is 78.9 Å². The molecule has 0 unspecified atom stereocenters. The Morgan fingerprint density at radius 2 is 1.67 bits per heavy atom. The van der Waals surface area contributed by atoms with Gasteiger partial charge in [0.1, 0.15) is 5.75 Å². The monoisotopic (exact) mass is 604 g/mol. The Bertz CT molecular complexity index is 1960. The van der Waals surface area contributed by atoms with Gasteiger partial charge in [0.25, 0.3) is 11.5 Å². The fraction of sp³-hybridized carbons (Fsp3) is 0.222. The number of aryl methyl sites for hydroxylation is 2. The predicted octanol–water partition coefficient (Wildman–Crippen LogP) is 6.72. The highest BCUT2D eigenvalue weighted by molar-refractivity contribution is 5.93. The van der Waals surface area contributed by atoms with E-state index < -0.39 is 0 Å². The number of methoxy groups -OCH3 is 2. The van der Waals surface area contributed by atoms with E-state index in [1.165, 1.54) is 18.0 Å². The third kappa shape index (κ3) is 6.57. The molecule has 9 heteroatoms. The van der Waals surface area contributed by atoms with Gasteiger partial charge in [0.05, 0.1) is 31.3 Å². The molecule has 5 rings (SSSR count). The van der Waals surface area contributed by atoms with Crippen LogP contribution in [0.25, 0.3) is 22.3 Å². The van der Waals surface area contributed by atoms with Crippen molar-refractivity contribution in [1.29, 1.82) is 0 Å². The number of nitrogens with one attached hydrogen (secondary N) is 1. The molecule has 45 heavy (non-hydrogen) atoms. The van der Waals surface area contributed by atoms with Crippen molar-refractivity contribution in [2.45, 2.75) is 33.6 Å². The molecule has 0 spiro atoms. The second-order valence-corrected chi connectivity index (χ2v) is 10.9. The minimum Gasteiger partial charge on any atom is -0.496 e. The Morgan fingerprint density at radius 1 is 0.933 bits per heavy atom. The van der Waals surface area contributed by atoms with E-state index in [0.717, 1.165) is 28.0 Å². The first-order chi connectivity index (χ1) is 21.7. The van der Waals surface area contributed by atoms with Gasteiger partial charge >= 0.3 is 0 Å². The number of amides is 1. The molecule has 0 fully saturated rings. The van der Waals surface area contributed by atoms with Gasteiger partial charge in [-0.3, -0.25) is 9.59 Å². The Kier molecular flexibility index (Phi) is 9.28. The van der Waals surface area contributed by atoms with Crippen LogP contribution in [0.1, 0.15) is 42.0 Å². The summed E-state index contributed by atoms with van der Waals surface area (Å²) < 4.78 is 18.5. The van der Waals surface area contributed by atoms with Crippen molar-refractivity contribution < 1.29 is 19.0 Å². The van der Waals surface area contributed by atoms with E-state index in [1.807, 2.05) is 62.4 Å². The van der Waals surface area contributed by atoms with Crippen LogP contribution in [-0.2, 0) is 4.79 Å². The van der Waals surface area contributed by atoms with Crippen molar-refractivity contribution in [2.75, 3.05) is 26.1 Å². The molecule has 0 radical (unpaired) electrons. The van der Waals surface area contributed by atoms with Crippen molar-refractivity contribution in [3.05, 3.63) is 111 Å². The standard InChI is InChI=1S/C36H36N4O5/c1-22(2)27-19-28(24(4)18-32(27)44-6)35-39-30-16-10-8-14-26(30)36(42)40(35)37-20-25-13-11-17-31(43-5)34(25)45-21-33(41)38-29-15-9-7-12-23(29)3/h7-20,22H,21H2,1-6H3,(H,38,41). The largest absolute Gasteiger partial charge is 0.496 e. The van der Waals surface area contributed by atoms with E-state index in [-0.39, 0.29) is 24.0 Å². The van der Waals surface area contributed by atoms with Gasteiger partial charge in [0, 0.05) is 16.8 Å². The fourth-order valence-corrected chi connectivity index (χ4v) is 5.08. The molecule has 1 heterocycles. The molecular weight excluding hydrogens is 568 g/mol. The number of fused-ring (bicyclic) bond motifs is 1. The maximum absolute atomic E-state index is 13.9. The lowest BCUT2D eigenvalue weighted by molar-refractivity contribution is -0.118. The first kappa shape index (κ1) is 31.0. The van der Waals surface area contributed by atoms with Gasteiger partial charge in [-0.1, -0.05) is 50.2 Å². The number of para-hydroxylation sites is 3. The summed E-state index contributed by atoms with van der Waals surface area (Å²) >= 11 is 0. The van der Waals surface area contributed by atoms with Crippen LogP contribution < -0.4 is 25.1 Å². The molecule has 9 nitrogen and oxygen atoms in total. The van der Waals surface area contributed by atoms with Crippen LogP contribution in [-0.4, -0.2) is 42.6 Å². The molecule has 1 amide bonds. The molecule has 4 aromatic carbocycles. The van der Waals surface area contributed by atoms with Crippen LogP contribution in [0.5, 0.6) is 17.2 Å². The third-order valence-corrected chi connectivity index (χ3v) is 7.50. The lowest BCUT2D eigenvalue weighted by Crippen LogP contribution is -2.22. The SMILES string of the molecule is COc1cc(C)c(-c2nc3ccccc3c(=O)n2N=Cc2cccc(OC)c2OCC(=O)Nc2ccccc2C)cc1C(C)C. The van der Waals surface area contributed by atoms with Crippen molar-refractivity contribution >= 4 is 28.7 Å².